The average Bonchev–Trinajstić information content (AvgIpc) is 2.85. The number of hydrogen-bond acceptors (Lipinski definition) is 4. The molecule has 0 aliphatic heterocycles. The molecule has 2 heterocycles. The fraction of sp³-hybridized carbons (Fsp3) is 0.312. The van der Waals surface area contributed by atoms with Crippen molar-refractivity contribution in [2.24, 2.45) is 5.73 Å². The van der Waals surface area contributed by atoms with E-state index < -0.39 is 0 Å². The van der Waals surface area contributed by atoms with Crippen molar-refractivity contribution in [2.45, 2.75) is 26.7 Å². The van der Waals surface area contributed by atoms with E-state index in [1.807, 2.05) is 31.2 Å². The van der Waals surface area contributed by atoms with E-state index in [4.69, 9.17) is 5.73 Å². The number of nitrogens with two attached hydrogens (primary N) is 1. The minimum Gasteiger partial charge on any atom is -0.330 e. The Kier molecular flexibility index (Phi) is 3.66. The third kappa shape index (κ3) is 2.52. The van der Waals surface area contributed by atoms with Crippen LogP contribution in [-0.2, 0) is 12.8 Å². The molecule has 1 aromatic carbocycles. The maximum atomic E-state index is 5.73. The monoisotopic (exact) mass is 281 g/mol. The SMILES string of the molecule is CCc1cc(-n2c(CCN)nc3ccccc32)nc(C)n1. The number of imidazole rings is 1. The van der Waals surface area contributed by atoms with Gasteiger partial charge in [0.15, 0.2) is 0 Å². The Balaban J connectivity index is 2.27. The molecule has 0 radical (unpaired) electrons. The molecule has 21 heavy (non-hydrogen) atoms. The molecule has 0 aliphatic rings. The number of nitrogens with zero attached hydrogens (tertiary/aromatic N) is 4. The Hall–Kier alpha value is -2.27. The van der Waals surface area contributed by atoms with Crippen LogP contribution in [0.4, 0.5) is 0 Å². The summed E-state index contributed by atoms with van der Waals surface area (Å²) in [4.78, 5) is 13.7. The molecule has 108 valence electrons. The highest BCUT2D eigenvalue weighted by atomic mass is 15.2. The fourth-order valence-electron chi connectivity index (χ4n) is 2.54. The number of fused-ring (bicyclic) bond motifs is 1. The van der Waals surface area contributed by atoms with Gasteiger partial charge in [0.1, 0.15) is 17.5 Å². The van der Waals surface area contributed by atoms with Crippen LogP contribution in [0.1, 0.15) is 24.3 Å². The van der Waals surface area contributed by atoms with Gasteiger partial charge in [0, 0.05) is 18.2 Å². The summed E-state index contributed by atoms with van der Waals surface area (Å²) in [5.41, 5.74) is 8.79. The molecule has 0 fully saturated rings. The van der Waals surface area contributed by atoms with Crippen molar-refractivity contribution in [2.75, 3.05) is 6.54 Å². The van der Waals surface area contributed by atoms with E-state index in [1.54, 1.807) is 0 Å². The molecule has 0 atom stereocenters. The lowest BCUT2D eigenvalue weighted by atomic mass is 10.3. The van der Waals surface area contributed by atoms with Gasteiger partial charge in [-0.3, -0.25) is 4.57 Å². The number of para-hydroxylation sites is 2. The summed E-state index contributed by atoms with van der Waals surface area (Å²) in [7, 11) is 0. The molecule has 3 aromatic rings. The maximum Gasteiger partial charge on any atom is 0.142 e. The highest BCUT2D eigenvalue weighted by molar-refractivity contribution is 5.77. The summed E-state index contributed by atoms with van der Waals surface area (Å²) in [5.74, 6) is 2.59. The molecular weight excluding hydrogens is 262 g/mol. The molecule has 2 N–H and O–H groups in total. The minimum absolute atomic E-state index is 0.564. The topological polar surface area (TPSA) is 69.6 Å². The third-order valence-electron chi connectivity index (χ3n) is 3.47. The molecule has 0 amide bonds. The zero-order chi connectivity index (χ0) is 14.8. The summed E-state index contributed by atoms with van der Waals surface area (Å²) < 4.78 is 2.09. The van der Waals surface area contributed by atoms with E-state index in [0.717, 1.165) is 47.0 Å². The Labute approximate surface area is 123 Å². The molecule has 3 rings (SSSR count). The van der Waals surface area contributed by atoms with E-state index in [9.17, 15) is 0 Å². The second kappa shape index (κ2) is 5.61. The standard InChI is InChI=1S/C16H19N5/c1-3-12-10-16(19-11(2)18-12)21-14-7-5-4-6-13(14)20-15(21)8-9-17/h4-7,10H,3,8-9,17H2,1-2H3. The van der Waals surface area contributed by atoms with E-state index in [1.165, 1.54) is 0 Å². The first-order valence-electron chi connectivity index (χ1n) is 7.24. The number of benzene rings is 1. The van der Waals surface area contributed by atoms with Gasteiger partial charge in [-0.2, -0.15) is 0 Å². The Morgan fingerprint density at radius 1 is 1.14 bits per heavy atom. The molecule has 0 unspecified atom stereocenters. The quantitative estimate of drug-likeness (QED) is 0.796. The lowest BCUT2D eigenvalue weighted by Gasteiger charge is -2.10. The second-order valence-electron chi connectivity index (χ2n) is 5.01. The van der Waals surface area contributed by atoms with Gasteiger partial charge in [0.05, 0.1) is 11.0 Å². The normalized spacial score (nSPS) is 11.2. The first-order chi connectivity index (χ1) is 10.2. The maximum absolute atomic E-state index is 5.73. The molecule has 0 saturated heterocycles. The molecular formula is C16H19N5. The molecule has 0 saturated carbocycles. The smallest absolute Gasteiger partial charge is 0.142 e. The van der Waals surface area contributed by atoms with Gasteiger partial charge in [-0.25, -0.2) is 15.0 Å². The van der Waals surface area contributed by atoms with Crippen LogP contribution in [0.3, 0.4) is 0 Å². The Bertz CT molecular complexity index is 775. The van der Waals surface area contributed by atoms with Crippen LogP contribution in [0, 0.1) is 6.92 Å². The predicted octanol–water partition coefficient (Wildman–Crippen LogP) is 2.19. The van der Waals surface area contributed by atoms with Crippen molar-refractivity contribution in [3.05, 3.63) is 47.7 Å². The summed E-state index contributed by atoms with van der Waals surface area (Å²) in [6, 6.07) is 10.1. The highest BCUT2D eigenvalue weighted by Crippen LogP contribution is 2.21. The highest BCUT2D eigenvalue weighted by Gasteiger charge is 2.13. The van der Waals surface area contributed by atoms with Crippen LogP contribution < -0.4 is 5.73 Å². The number of aryl methyl sites for hydroxylation is 2. The summed E-state index contributed by atoms with van der Waals surface area (Å²) in [5, 5.41) is 0. The Morgan fingerprint density at radius 2 is 1.95 bits per heavy atom. The molecule has 0 bridgehead atoms. The van der Waals surface area contributed by atoms with Crippen molar-refractivity contribution < 1.29 is 0 Å². The number of rotatable bonds is 4. The zero-order valence-electron chi connectivity index (χ0n) is 12.4. The second-order valence-corrected chi connectivity index (χ2v) is 5.01. The van der Waals surface area contributed by atoms with E-state index in [2.05, 4.69) is 32.5 Å². The van der Waals surface area contributed by atoms with Crippen molar-refractivity contribution in [3.63, 3.8) is 0 Å². The van der Waals surface area contributed by atoms with E-state index in [0.29, 0.717) is 6.54 Å². The third-order valence-corrected chi connectivity index (χ3v) is 3.47. The van der Waals surface area contributed by atoms with Gasteiger partial charge in [-0.1, -0.05) is 19.1 Å². The summed E-state index contributed by atoms with van der Waals surface area (Å²) >= 11 is 0. The van der Waals surface area contributed by atoms with Gasteiger partial charge in [-0.15, -0.1) is 0 Å². The molecule has 5 heteroatoms. The minimum atomic E-state index is 0.564. The average molecular weight is 281 g/mol. The summed E-state index contributed by atoms with van der Waals surface area (Å²) in [6.45, 7) is 4.58. The van der Waals surface area contributed by atoms with Crippen molar-refractivity contribution in [1.82, 2.24) is 19.5 Å². The van der Waals surface area contributed by atoms with Crippen LogP contribution in [0.15, 0.2) is 30.3 Å². The van der Waals surface area contributed by atoms with Crippen LogP contribution in [-0.4, -0.2) is 26.1 Å². The van der Waals surface area contributed by atoms with Crippen molar-refractivity contribution in [3.8, 4) is 5.82 Å². The van der Waals surface area contributed by atoms with Crippen molar-refractivity contribution in [1.29, 1.82) is 0 Å². The summed E-state index contributed by atoms with van der Waals surface area (Å²) in [6.07, 6.45) is 1.61. The molecule has 2 aromatic heterocycles. The zero-order valence-corrected chi connectivity index (χ0v) is 12.4. The first-order valence-corrected chi connectivity index (χ1v) is 7.24. The predicted molar refractivity (Wildman–Crippen MR) is 83.5 cm³/mol. The molecule has 0 aliphatic carbocycles. The lowest BCUT2D eigenvalue weighted by molar-refractivity contribution is 0.819. The molecule has 0 spiro atoms. The van der Waals surface area contributed by atoms with Crippen LogP contribution in [0.25, 0.3) is 16.9 Å². The number of aromatic nitrogens is 4. The first kappa shape index (κ1) is 13.7. The van der Waals surface area contributed by atoms with Gasteiger partial charge < -0.3 is 5.73 Å². The number of hydrogen-bond donors (Lipinski definition) is 1. The van der Waals surface area contributed by atoms with Crippen LogP contribution >= 0.6 is 0 Å². The van der Waals surface area contributed by atoms with E-state index >= 15 is 0 Å². The van der Waals surface area contributed by atoms with E-state index in [-0.39, 0.29) is 0 Å². The van der Waals surface area contributed by atoms with Crippen LogP contribution in [0.2, 0.25) is 0 Å². The van der Waals surface area contributed by atoms with Gasteiger partial charge in [0.2, 0.25) is 0 Å². The van der Waals surface area contributed by atoms with Crippen molar-refractivity contribution >= 4 is 11.0 Å². The van der Waals surface area contributed by atoms with Gasteiger partial charge in [-0.05, 0) is 32.0 Å². The molecule has 5 nitrogen and oxygen atoms in total. The Morgan fingerprint density at radius 3 is 2.71 bits per heavy atom. The lowest BCUT2D eigenvalue weighted by Crippen LogP contribution is -2.11. The van der Waals surface area contributed by atoms with Gasteiger partial charge in [0.25, 0.3) is 0 Å². The largest absolute Gasteiger partial charge is 0.330 e. The van der Waals surface area contributed by atoms with Crippen LogP contribution in [0.5, 0.6) is 0 Å². The fourth-order valence-corrected chi connectivity index (χ4v) is 2.54. The van der Waals surface area contributed by atoms with Gasteiger partial charge >= 0.3 is 0 Å².